The molecular formula is C22H29N3O3S. The van der Waals surface area contributed by atoms with Crippen LogP contribution in [0.4, 0.5) is 5.69 Å². The normalized spacial score (nSPS) is 16.3. The van der Waals surface area contributed by atoms with Gasteiger partial charge in [-0.05, 0) is 49.9 Å². The van der Waals surface area contributed by atoms with Gasteiger partial charge in [-0.2, -0.15) is 4.31 Å². The van der Waals surface area contributed by atoms with Gasteiger partial charge in [0, 0.05) is 24.8 Å². The Bertz CT molecular complexity index is 939. The second-order valence-corrected chi connectivity index (χ2v) is 9.44. The average molecular weight is 416 g/mol. The summed E-state index contributed by atoms with van der Waals surface area (Å²) < 4.78 is 27.4. The van der Waals surface area contributed by atoms with Gasteiger partial charge in [0.2, 0.25) is 15.9 Å². The van der Waals surface area contributed by atoms with Crippen molar-refractivity contribution in [2.45, 2.75) is 44.0 Å². The molecule has 1 amide bonds. The number of anilines is 1. The third kappa shape index (κ3) is 5.44. The zero-order chi connectivity index (χ0) is 20.9. The van der Waals surface area contributed by atoms with E-state index in [1.54, 1.807) is 18.2 Å². The highest BCUT2D eigenvalue weighted by Gasteiger charge is 2.26. The van der Waals surface area contributed by atoms with E-state index >= 15 is 0 Å². The summed E-state index contributed by atoms with van der Waals surface area (Å²) >= 11 is 0. The van der Waals surface area contributed by atoms with Gasteiger partial charge in [-0.1, -0.05) is 42.8 Å². The molecule has 0 spiro atoms. The number of aryl methyl sites for hydroxylation is 1. The number of amides is 1. The number of benzene rings is 2. The van der Waals surface area contributed by atoms with Crippen molar-refractivity contribution in [3.8, 4) is 0 Å². The first-order valence-corrected chi connectivity index (χ1v) is 11.5. The summed E-state index contributed by atoms with van der Waals surface area (Å²) in [5.41, 5.74) is 2.46. The number of carbonyl (C=O) groups excluding carboxylic acids is 1. The molecule has 1 heterocycles. The molecule has 2 aromatic carbocycles. The molecule has 2 aromatic rings. The Morgan fingerprint density at radius 2 is 1.76 bits per heavy atom. The summed E-state index contributed by atoms with van der Waals surface area (Å²) in [5.74, 6) is -0.205. The zero-order valence-corrected chi connectivity index (χ0v) is 17.8. The number of piperidine rings is 1. The summed E-state index contributed by atoms with van der Waals surface area (Å²) in [5, 5.41) is 6.04. The lowest BCUT2D eigenvalue weighted by Gasteiger charge is -2.26. The number of hydrogen-bond acceptors (Lipinski definition) is 4. The SMILES string of the molecule is Cc1ccc(S(=O)(=O)N2CCCCC2)cc1NC(=O)CNC(C)c1ccccc1. The molecule has 1 fully saturated rings. The Morgan fingerprint density at radius 3 is 2.45 bits per heavy atom. The Hall–Kier alpha value is -2.22. The van der Waals surface area contributed by atoms with Gasteiger partial charge in [0.25, 0.3) is 0 Å². The summed E-state index contributed by atoms with van der Waals surface area (Å²) in [7, 11) is -3.53. The molecule has 0 aliphatic carbocycles. The number of carbonyl (C=O) groups is 1. The summed E-state index contributed by atoms with van der Waals surface area (Å²) in [4.78, 5) is 12.7. The molecule has 1 unspecified atom stereocenters. The van der Waals surface area contributed by atoms with Crippen LogP contribution in [0.5, 0.6) is 0 Å². The first-order chi connectivity index (χ1) is 13.9. The Labute approximate surface area is 173 Å². The van der Waals surface area contributed by atoms with Crippen LogP contribution in [0.15, 0.2) is 53.4 Å². The van der Waals surface area contributed by atoms with Gasteiger partial charge < -0.3 is 10.6 Å². The van der Waals surface area contributed by atoms with Crippen molar-refractivity contribution in [1.29, 1.82) is 0 Å². The van der Waals surface area contributed by atoms with Crippen LogP contribution in [0.3, 0.4) is 0 Å². The molecule has 2 N–H and O–H groups in total. The third-order valence-electron chi connectivity index (χ3n) is 5.30. The van der Waals surface area contributed by atoms with E-state index in [2.05, 4.69) is 10.6 Å². The fourth-order valence-corrected chi connectivity index (χ4v) is 4.99. The number of rotatable bonds is 7. The van der Waals surface area contributed by atoms with E-state index in [1.807, 2.05) is 44.2 Å². The maximum absolute atomic E-state index is 12.9. The number of hydrogen-bond donors (Lipinski definition) is 2. The minimum Gasteiger partial charge on any atom is -0.325 e. The van der Waals surface area contributed by atoms with E-state index in [1.165, 1.54) is 4.31 Å². The third-order valence-corrected chi connectivity index (χ3v) is 7.20. The van der Waals surface area contributed by atoms with Gasteiger partial charge in [-0.25, -0.2) is 8.42 Å². The largest absolute Gasteiger partial charge is 0.325 e. The van der Waals surface area contributed by atoms with Gasteiger partial charge in [-0.3, -0.25) is 4.79 Å². The molecule has 29 heavy (non-hydrogen) atoms. The molecule has 6 nitrogen and oxygen atoms in total. The van der Waals surface area contributed by atoms with Gasteiger partial charge in [0.1, 0.15) is 0 Å². The summed E-state index contributed by atoms with van der Waals surface area (Å²) in [6.07, 6.45) is 2.84. The number of nitrogens with zero attached hydrogens (tertiary/aromatic N) is 1. The number of nitrogens with one attached hydrogen (secondary N) is 2. The van der Waals surface area contributed by atoms with Crippen LogP contribution < -0.4 is 10.6 Å². The van der Waals surface area contributed by atoms with Crippen LogP contribution in [0.1, 0.15) is 43.4 Å². The number of sulfonamides is 1. The minimum absolute atomic E-state index is 0.0360. The molecular weight excluding hydrogens is 386 g/mol. The first kappa shape index (κ1) is 21.5. The molecule has 1 atom stereocenters. The second-order valence-electron chi connectivity index (χ2n) is 7.50. The molecule has 156 valence electrons. The van der Waals surface area contributed by atoms with Crippen molar-refractivity contribution < 1.29 is 13.2 Å². The van der Waals surface area contributed by atoms with Crippen molar-refractivity contribution >= 4 is 21.6 Å². The highest BCUT2D eigenvalue weighted by Crippen LogP contribution is 2.25. The van der Waals surface area contributed by atoms with E-state index in [0.717, 1.165) is 30.4 Å². The molecule has 1 aliphatic heterocycles. The Morgan fingerprint density at radius 1 is 1.07 bits per heavy atom. The van der Waals surface area contributed by atoms with Gasteiger partial charge >= 0.3 is 0 Å². The average Bonchev–Trinajstić information content (AvgIpc) is 2.74. The maximum Gasteiger partial charge on any atom is 0.243 e. The fourth-order valence-electron chi connectivity index (χ4n) is 3.45. The van der Waals surface area contributed by atoms with Crippen molar-refractivity contribution in [2.24, 2.45) is 0 Å². The standard InChI is InChI=1S/C22H29N3O3S/c1-17-11-12-20(29(27,28)25-13-7-4-8-14-25)15-21(17)24-22(26)16-23-18(2)19-9-5-3-6-10-19/h3,5-6,9-12,15,18,23H,4,7-8,13-14,16H2,1-2H3,(H,24,26). The first-order valence-electron chi connectivity index (χ1n) is 10.1. The predicted molar refractivity (Wildman–Crippen MR) is 115 cm³/mol. The van der Waals surface area contributed by atoms with E-state index in [9.17, 15) is 13.2 Å². The molecule has 3 rings (SSSR count). The molecule has 1 aliphatic rings. The van der Waals surface area contributed by atoms with E-state index in [0.29, 0.717) is 18.8 Å². The van der Waals surface area contributed by atoms with Crippen LogP contribution in [0.2, 0.25) is 0 Å². The molecule has 0 saturated carbocycles. The highest BCUT2D eigenvalue weighted by molar-refractivity contribution is 7.89. The molecule has 0 aromatic heterocycles. The Kier molecular flexibility index (Phi) is 7.05. The zero-order valence-electron chi connectivity index (χ0n) is 17.0. The van der Waals surface area contributed by atoms with Crippen LogP contribution in [-0.2, 0) is 14.8 Å². The summed E-state index contributed by atoms with van der Waals surface area (Å²) in [6.45, 7) is 5.10. The van der Waals surface area contributed by atoms with Crippen LogP contribution >= 0.6 is 0 Å². The highest BCUT2D eigenvalue weighted by atomic mass is 32.2. The van der Waals surface area contributed by atoms with Crippen molar-refractivity contribution in [1.82, 2.24) is 9.62 Å². The van der Waals surface area contributed by atoms with Crippen molar-refractivity contribution in [2.75, 3.05) is 25.0 Å². The van der Waals surface area contributed by atoms with Crippen molar-refractivity contribution in [3.05, 3.63) is 59.7 Å². The van der Waals surface area contributed by atoms with Gasteiger partial charge in [-0.15, -0.1) is 0 Å². The summed E-state index contributed by atoms with van der Waals surface area (Å²) in [6, 6.07) is 14.9. The smallest absolute Gasteiger partial charge is 0.243 e. The predicted octanol–water partition coefficient (Wildman–Crippen LogP) is 3.46. The molecule has 0 bridgehead atoms. The molecule has 7 heteroatoms. The van der Waals surface area contributed by atoms with E-state index in [4.69, 9.17) is 0 Å². The lowest BCUT2D eigenvalue weighted by molar-refractivity contribution is -0.115. The van der Waals surface area contributed by atoms with Gasteiger partial charge in [0.15, 0.2) is 0 Å². The minimum atomic E-state index is -3.53. The van der Waals surface area contributed by atoms with Crippen LogP contribution in [-0.4, -0.2) is 38.3 Å². The van der Waals surface area contributed by atoms with Crippen LogP contribution in [0.25, 0.3) is 0 Å². The van der Waals surface area contributed by atoms with E-state index < -0.39 is 10.0 Å². The molecule has 1 saturated heterocycles. The topological polar surface area (TPSA) is 78.5 Å². The maximum atomic E-state index is 12.9. The lowest BCUT2D eigenvalue weighted by atomic mass is 10.1. The second kappa shape index (κ2) is 9.52. The van der Waals surface area contributed by atoms with Crippen LogP contribution in [0, 0.1) is 6.92 Å². The monoisotopic (exact) mass is 415 g/mol. The lowest BCUT2D eigenvalue weighted by Crippen LogP contribution is -2.35. The van der Waals surface area contributed by atoms with E-state index in [-0.39, 0.29) is 23.4 Å². The quantitative estimate of drug-likeness (QED) is 0.726. The fraction of sp³-hybridized carbons (Fsp3) is 0.409. The van der Waals surface area contributed by atoms with Crippen molar-refractivity contribution in [3.63, 3.8) is 0 Å². The molecule has 0 radical (unpaired) electrons. The Balaban J connectivity index is 1.66. The van der Waals surface area contributed by atoms with Gasteiger partial charge in [0.05, 0.1) is 11.4 Å².